The first-order valence-corrected chi connectivity index (χ1v) is 13.1. The summed E-state index contributed by atoms with van der Waals surface area (Å²) in [6, 6.07) is 34.7. The maximum absolute atomic E-state index is 11.2. The summed E-state index contributed by atoms with van der Waals surface area (Å²) in [4.78, 5) is 11.8. The minimum Gasteiger partial charge on any atom is -0.507 e. The van der Waals surface area contributed by atoms with Gasteiger partial charge < -0.3 is 5.11 Å². The first-order chi connectivity index (χ1) is 18.4. The van der Waals surface area contributed by atoms with E-state index >= 15 is 0 Å². The lowest BCUT2D eigenvalue weighted by Crippen LogP contribution is -2.11. The zero-order valence-electron chi connectivity index (χ0n) is 22.3. The lowest BCUT2D eigenvalue weighted by Gasteiger charge is -2.24. The van der Waals surface area contributed by atoms with E-state index in [1.807, 2.05) is 66.9 Å². The maximum atomic E-state index is 11.2. The third-order valence-electron chi connectivity index (χ3n) is 6.77. The molecule has 0 aliphatic heterocycles. The fraction of sp³-hybridized carbons (Fsp3) is 0.176. The minimum atomic E-state index is 0.211. The summed E-state index contributed by atoms with van der Waals surface area (Å²) in [6.07, 6.45) is 1.81. The largest absolute Gasteiger partial charge is 0.507 e. The van der Waals surface area contributed by atoms with Crippen LogP contribution < -0.4 is 4.90 Å². The van der Waals surface area contributed by atoms with Crippen LogP contribution in [0.5, 0.6) is 5.75 Å². The lowest BCUT2D eigenvalue weighted by molar-refractivity contribution is 0.466. The fourth-order valence-electron chi connectivity index (χ4n) is 4.68. The summed E-state index contributed by atoms with van der Waals surface area (Å²) in [6.45, 7) is 8.57. The molecule has 0 unspecified atom stereocenters. The van der Waals surface area contributed by atoms with Gasteiger partial charge in [-0.15, -0.1) is 0 Å². The van der Waals surface area contributed by atoms with E-state index < -0.39 is 0 Å². The van der Waals surface area contributed by atoms with Crippen molar-refractivity contribution in [2.75, 3.05) is 4.90 Å². The Bertz CT molecular complexity index is 1490. The molecular formula is C34H33N3O. The molecule has 0 atom stereocenters. The number of para-hydroxylation sites is 1. The second kappa shape index (κ2) is 10.9. The van der Waals surface area contributed by atoms with Crippen molar-refractivity contribution in [3.05, 3.63) is 120 Å². The van der Waals surface area contributed by atoms with Gasteiger partial charge in [0, 0.05) is 28.7 Å². The van der Waals surface area contributed by atoms with Crippen LogP contribution in [0.3, 0.4) is 0 Å². The number of anilines is 3. The highest BCUT2D eigenvalue weighted by Crippen LogP contribution is 2.39. The fourth-order valence-corrected chi connectivity index (χ4v) is 4.68. The Balaban J connectivity index is 1.60. The van der Waals surface area contributed by atoms with Crippen LogP contribution in [0, 0.1) is 0 Å². The number of aromatic hydroxyl groups is 1. The Morgan fingerprint density at radius 2 is 1.37 bits per heavy atom. The second-order valence-electron chi connectivity index (χ2n) is 10.1. The molecule has 2 aromatic heterocycles. The molecule has 4 nitrogen and oxygen atoms in total. The van der Waals surface area contributed by atoms with Gasteiger partial charge in [0.25, 0.3) is 0 Å². The summed E-state index contributed by atoms with van der Waals surface area (Å²) in [7, 11) is 0. The molecule has 4 heteroatoms. The zero-order chi connectivity index (χ0) is 26.6. The van der Waals surface area contributed by atoms with Crippen molar-refractivity contribution in [3.63, 3.8) is 0 Å². The lowest BCUT2D eigenvalue weighted by atomic mass is 9.91. The number of rotatable bonds is 7. The van der Waals surface area contributed by atoms with Crippen molar-refractivity contribution in [2.24, 2.45) is 0 Å². The van der Waals surface area contributed by atoms with E-state index in [9.17, 15) is 5.11 Å². The van der Waals surface area contributed by atoms with Crippen LogP contribution in [-0.2, 0) is 0 Å². The highest BCUT2D eigenvalue weighted by molar-refractivity contribution is 5.79. The average molecular weight is 500 g/mol. The number of hydrogen-bond donors (Lipinski definition) is 1. The summed E-state index contributed by atoms with van der Waals surface area (Å²) in [5.41, 5.74) is 7.55. The van der Waals surface area contributed by atoms with Gasteiger partial charge in [0.1, 0.15) is 11.6 Å². The Morgan fingerprint density at radius 1 is 0.658 bits per heavy atom. The molecule has 0 spiro atoms. The molecule has 2 heterocycles. The topological polar surface area (TPSA) is 49.2 Å². The summed E-state index contributed by atoms with van der Waals surface area (Å²) < 4.78 is 0. The number of phenols is 1. The van der Waals surface area contributed by atoms with Gasteiger partial charge in [0.05, 0.1) is 11.4 Å². The summed E-state index contributed by atoms with van der Waals surface area (Å²) >= 11 is 0. The zero-order valence-corrected chi connectivity index (χ0v) is 22.3. The van der Waals surface area contributed by atoms with Crippen LogP contribution in [0.1, 0.15) is 50.7 Å². The van der Waals surface area contributed by atoms with E-state index in [-0.39, 0.29) is 5.92 Å². The molecule has 0 bridgehead atoms. The van der Waals surface area contributed by atoms with Crippen LogP contribution >= 0.6 is 0 Å². The first kappa shape index (κ1) is 25.2. The van der Waals surface area contributed by atoms with Crippen LogP contribution in [0.25, 0.3) is 22.5 Å². The smallest absolute Gasteiger partial charge is 0.137 e. The quantitative estimate of drug-likeness (QED) is 0.242. The van der Waals surface area contributed by atoms with Crippen molar-refractivity contribution in [1.82, 2.24) is 9.97 Å². The Kier molecular flexibility index (Phi) is 7.23. The number of benzene rings is 3. The van der Waals surface area contributed by atoms with E-state index in [4.69, 9.17) is 4.98 Å². The Morgan fingerprint density at radius 3 is 2.08 bits per heavy atom. The average Bonchev–Trinajstić information content (AvgIpc) is 2.94. The molecule has 3 aromatic carbocycles. The van der Waals surface area contributed by atoms with E-state index in [1.54, 1.807) is 0 Å². The normalized spacial score (nSPS) is 11.2. The monoisotopic (exact) mass is 499 g/mol. The number of aromatic nitrogens is 2. The van der Waals surface area contributed by atoms with Gasteiger partial charge in [0.2, 0.25) is 0 Å². The van der Waals surface area contributed by atoms with Crippen molar-refractivity contribution >= 4 is 17.2 Å². The molecule has 0 aliphatic carbocycles. The number of hydrogen-bond acceptors (Lipinski definition) is 4. The predicted molar refractivity (Wildman–Crippen MR) is 157 cm³/mol. The Hall–Kier alpha value is -4.44. The van der Waals surface area contributed by atoms with E-state index in [2.05, 4.69) is 80.0 Å². The van der Waals surface area contributed by atoms with Crippen LogP contribution in [-0.4, -0.2) is 15.1 Å². The molecule has 0 radical (unpaired) electrons. The highest BCUT2D eigenvalue weighted by Gasteiger charge is 2.18. The molecule has 1 N–H and O–H groups in total. The van der Waals surface area contributed by atoms with Crippen LogP contribution in [0.4, 0.5) is 17.2 Å². The molecule has 5 rings (SSSR count). The van der Waals surface area contributed by atoms with Crippen molar-refractivity contribution < 1.29 is 5.11 Å². The highest BCUT2D eigenvalue weighted by atomic mass is 16.3. The van der Waals surface area contributed by atoms with Crippen molar-refractivity contribution in [2.45, 2.75) is 39.5 Å². The predicted octanol–water partition coefficient (Wildman–Crippen LogP) is 9.23. The van der Waals surface area contributed by atoms with Gasteiger partial charge in [-0.3, -0.25) is 4.90 Å². The molecule has 5 aromatic rings. The minimum absolute atomic E-state index is 0.211. The summed E-state index contributed by atoms with van der Waals surface area (Å²) in [5.74, 6) is 1.72. The van der Waals surface area contributed by atoms with Crippen molar-refractivity contribution in [3.8, 4) is 28.3 Å². The van der Waals surface area contributed by atoms with Gasteiger partial charge in [-0.1, -0.05) is 76.2 Å². The van der Waals surface area contributed by atoms with Gasteiger partial charge in [-0.05, 0) is 77.6 Å². The number of phenolic OH excluding ortho intramolecular Hbond substituents is 1. The molecule has 0 aliphatic rings. The standard InChI is InChI=1S/C34H33N3O/c1-23(2)26-21-29(24(3)4)34(38)30(22-26)32-17-11-16-31(36-32)25-12-10-15-28(20-25)37(27-13-6-5-7-14-27)33-18-8-9-19-35-33/h5-24,38H,1-4H3. The molecule has 0 saturated carbocycles. The van der Waals surface area contributed by atoms with Gasteiger partial charge in [-0.25, -0.2) is 9.97 Å². The third kappa shape index (κ3) is 5.16. The molecule has 38 heavy (non-hydrogen) atoms. The number of nitrogens with zero attached hydrogens (tertiary/aromatic N) is 3. The van der Waals surface area contributed by atoms with E-state index in [0.29, 0.717) is 11.7 Å². The molecule has 0 saturated heterocycles. The molecule has 190 valence electrons. The van der Waals surface area contributed by atoms with Crippen LogP contribution in [0.15, 0.2) is 109 Å². The van der Waals surface area contributed by atoms with Gasteiger partial charge >= 0.3 is 0 Å². The van der Waals surface area contributed by atoms with Gasteiger partial charge in [0.15, 0.2) is 0 Å². The molecule has 0 fully saturated rings. The second-order valence-corrected chi connectivity index (χ2v) is 10.1. The SMILES string of the molecule is CC(C)c1cc(-c2cccc(-c3cccc(N(c4ccccc4)c4ccccn4)c3)n2)c(O)c(C(C)C)c1. The van der Waals surface area contributed by atoms with Crippen molar-refractivity contribution in [1.29, 1.82) is 0 Å². The maximum Gasteiger partial charge on any atom is 0.137 e. The third-order valence-corrected chi connectivity index (χ3v) is 6.77. The van der Waals surface area contributed by atoms with Gasteiger partial charge in [-0.2, -0.15) is 0 Å². The molecule has 0 amide bonds. The summed E-state index contributed by atoms with van der Waals surface area (Å²) in [5, 5.41) is 11.2. The van der Waals surface area contributed by atoms with Crippen LogP contribution in [0.2, 0.25) is 0 Å². The molecular weight excluding hydrogens is 466 g/mol. The Labute approximate surface area is 225 Å². The number of pyridine rings is 2. The van der Waals surface area contributed by atoms with E-state index in [0.717, 1.165) is 45.3 Å². The first-order valence-electron chi connectivity index (χ1n) is 13.1. The van der Waals surface area contributed by atoms with E-state index in [1.165, 1.54) is 5.56 Å².